The highest BCUT2D eigenvalue weighted by atomic mass is 127. The monoisotopic (exact) mass is 395 g/mol. The number of nitrogens with one attached hydrogen (secondary N) is 1. The number of rotatable bonds is 2. The maximum atomic E-state index is 12.1. The predicted molar refractivity (Wildman–Crippen MR) is 80.3 cm³/mol. The molecule has 0 saturated carbocycles. The van der Waals surface area contributed by atoms with Gasteiger partial charge in [-0.3, -0.25) is 9.48 Å². The molecule has 0 unspecified atom stereocenters. The third-order valence-corrected chi connectivity index (χ3v) is 3.73. The van der Waals surface area contributed by atoms with Crippen molar-refractivity contribution < 1.29 is 4.79 Å². The molecule has 0 bridgehead atoms. The molecule has 2 rings (SSSR count). The van der Waals surface area contributed by atoms with Gasteiger partial charge in [-0.15, -0.1) is 0 Å². The highest BCUT2D eigenvalue weighted by molar-refractivity contribution is 14.1. The van der Waals surface area contributed by atoms with Crippen molar-refractivity contribution in [1.29, 1.82) is 0 Å². The van der Waals surface area contributed by atoms with Gasteiger partial charge in [0.1, 0.15) is 5.69 Å². The standard InChI is InChI=1S/C11H8Cl2IN3O/c1-17-10(8(14)5-15-17)11(18)16-9-6(12)3-2-4-7(9)13/h2-5H,1H3,(H,16,18). The zero-order chi connectivity index (χ0) is 13.3. The number of nitrogens with zero attached hydrogens (tertiary/aromatic N) is 2. The zero-order valence-corrected chi connectivity index (χ0v) is 12.9. The van der Waals surface area contributed by atoms with E-state index in [9.17, 15) is 4.79 Å². The van der Waals surface area contributed by atoms with Crippen LogP contribution < -0.4 is 5.32 Å². The van der Waals surface area contributed by atoms with Crippen LogP contribution in [0.1, 0.15) is 10.5 Å². The molecule has 4 nitrogen and oxygen atoms in total. The number of hydrogen-bond acceptors (Lipinski definition) is 2. The van der Waals surface area contributed by atoms with Crippen LogP contribution in [-0.2, 0) is 7.05 Å². The highest BCUT2D eigenvalue weighted by Gasteiger charge is 2.17. The second-order valence-corrected chi connectivity index (χ2v) is 5.49. The molecule has 1 aromatic heterocycles. The van der Waals surface area contributed by atoms with Gasteiger partial charge in [0.25, 0.3) is 5.91 Å². The molecule has 2 aromatic rings. The Hall–Kier alpha value is -0.790. The topological polar surface area (TPSA) is 46.9 Å². The average molecular weight is 396 g/mol. The number of carbonyl (C=O) groups is 1. The number of hydrogen-bond donors (Lipinski definition) is 1. The van der Waals surface area contributed by atoms with Gasteiger partial charge in [-0.1, -0.05) is 29.3 Å². The quantitative estimate of drug-likeness (QED) is 0.790. The number of para-hydroxylation sites is 1. The first-order chi connectivity index (χ1) is 8.50. The lowest BCUT2D eigenvalue weighted by Crippen LogP contribution is -2.17. The number of carbonyl (C=O) groups excluding carboxylic acids is 1. The Kier molecular flexibility index (Phi) is 4.14. The van der Waals surface area contributed by atoms with E-state index in [4.69, 9.17) is 23.2 Å². The summed E-state index contributed by atoms with van der Waals surface area (Å²) in [6.45, 7) is 0. The maximum absolute atomic E-state index is 12.1. The summed E-state index contributed by atoms with van der Waals surface area (Å²) in [6.07, 6.45) is 1.61. The van der Waals surface area contributed by atoms with E-state index in [0.717, 1.165) is 3.57 Å². The molecule has 18 heavy (non-hydrogen) atoms. The lowest BCUT2D eigenvalue weighted by Gasteiger charge is -2.09. The van der Waals surface area contributed by atoms with Crippen molar-refractivity contribution >= 4 is 57.4 Å². The molecule has 0 saturated heterocycles. The molecular formula is C11H8Cl2IN3O. The van der Waals surface area contributed by atoms with Crippen LogP contribution >= 0.6 is 45.8 Å². The molecule has 1 N–H and O–H groups in total. The third kappa shape index (κ3) is 2.62. The van der Waals surface area contributed by atoms with Crippen LogP contribution in [0.25, 0.3) is 0 Å². The summed E-state index contributed by atoms with van der Waals surface area (Å²) in [4.78, 5) is 12.1. The Balaban J connectivity index is 2.33. The molecule has 0 atom stereocenters. The van der Waals surface area contributed by atoms with E-state index in [1.165, 1.54) is 4.68 Å². The summed E-state index contributed by atoms with van der Waals surface area (Å²) >= 11 is 14.0. The van der Waals surface area contributed by atoms with Gasteiger partial charge < -0.3 is 5.32 Å². The van der Waals surface area contributed by atoms with Crippen LogP contribution in [0.5, 0.6) is 0 Å². The van der Waals surface area contributed by atoms with Gasteiger partial charge in [-0.25, -0.2) is 0 Å². The Bertz CT molecular complexity index is 573. The second kappa shape index (κ2) is 5.46. The molecule has 1 aromatic carbocycles. The van der Waals surface area contributed by atoms with Crippen molar-refractivity contribution in [2.75, 3.05) is 5.32 Å². The lowest BCUT2D eigenvalue weighted by atomic mass is 10.3. The first-order valence-corrected chi connectivity index (χ1v) is 6.77. The first kappa shape index (κ1) is 13.6. The molecule has 0 aliphatic carbocycles. The number of aromatic nitrogens is 2. The molecule has 0 radical (unpaired) electrons. The van der Waals surface area contributed by atoms with Crippen molar-refractivity contribution in [2.45, 2.75) is 0 Å². The summed E-state index contributed by atoms with van der Waals surface area (Å²) in [7, 11) is 1.70. The molecule has 0 spiro atoms. The first-order valence-electron chi connectivity index (χ1n) is 4.93. The number of anilines is 1. The van der Waals surface area contributed by atoms with Crippen LogP contribution in [0.3, 0.4) is 0 Å². The normalized spacial score (nSPS) is 10.4. The zero-order valence-electron chi connectivity index (χ0n) is 9.25. The van der Waals surface area contributed by atoms with Crippen molar-refractivity contribution in [3.8, 4) is 0 Å². The number of amides is 1. The SMILES string of the molecule is Cn1ncc(I)c1C(=O)Nc1c(Cl)cccc1Cl. The summed E-state index contributed by atoms with van der Waals surface area (Å²) in [6, 6.07) is 5.04. The van der Waals surface area contributed by atoms with E-state index in [2.05, 4.69) is 10.4 Å². The fourth-order valence-electron chi connectivity index (χ4n) is 1.46. The van der Waals surface area contributed by atoms with Gasteiger partial charge in [-0.05, 0) is 34.7 Å². The predicted octanol–water partition coefficient (Wildman–Crippen LogP) is 3.58. The van der Waals surface area contributed by atoms with E-state index < -0.39 is 0 Å². The van der Waals surface area contributed by atoms with Gasteiger partial charge in [0, 0.05) is 7.05 Å². The molecule has 7 heteroatoms. The number of aryl methyl sites for hydroxylation is 1. The van der Waals surface area contributed by atoms with Crippen molar-refractivity contribution in [2.24, 2.45) is 7.05 Å². The van der Waals surface area contributed by atoms with Crippen LogP contribution in [0, 0.1) is 3.57 Å². The van der Waals surface area contributed by atoms with Crippen LogP contribution in [0.4, 0.5) is 5.69 Å². The summed E-state index contributed by atoms with van der Waals surface area (Å²) < 4.78 is 2.26. The van der Waals surface area contributed by atoms with E-state index in [-0.39, 0.29) is 5.91 Å². The Labute approximate surface area is 127 Å². The van der Waals surface area contributed by atoms with E-state index >= 15 is 0 Å². The van der Waals surface area contributed by atoms with Gasteiger partial charge in [0.05, 0.1) is 25.5 Å². The highest BCUT2D eigenvalue weighted by Crippen LogP contribution is 2.30. The largest absolute Gasteiger partial charge is 0.318 e. The third-order valence-electron chi connectivity index (χ3n) is 2.31. The van der Waals surface area contributed by atoms with Gasteiger partial charge >= 0.3 is 0 Å². The smallest absolute Gasteiger partial charge is 0.275 e. The van der Waals surface area contributed by atoms with Gasteiger partial charge in [-0.2, -0.15) is 5.10 Å². The Morgan fingerprint density at radius 3 is 2.50 bits per heavy atom. The number of benzene rings is 1. The maximum Gasteiger partial charge on any atom is 0.275 e. The lowest BCUT2D eigenvalue weighted by molar-refractivity contribution is 0.101. The molecule has 94 valence electrons. The minimum atomic E-state index is -0.297. The molecule has 0 aliphatic heterocycles. The van der Waals surface area contributed by atoms with Gasteiger partial charge in [0.15, 0.2) is 0 Å². The minimum Gasteiger partial charge on any atom is -0.318 e. The van der Waals surface area contributed by atoms with Crippen LogP contribution in [0.2, 0.25) is 10.0 Å². The van der Waals surface area contributed by atoms with Crippen molar-refractivity contribution in [3.05, 3.63) is 43.7 Å². The summed E-state index contributed by atoms with van der Waals surface area (Å²) in [5, 5.41) is 7.49. The summed E-state index contributed by atoms with van der Waals surface area (Å²) in [5.74, 6) is -0.297. The average Bonchev–Trinajstić information content (AvgIpc) is 2.64. The second-order valence-electron chi connectivity index (χ2n) is 3.52. The Morgan fingerprint density at radius 1 is 1.39 bits per heavy atom. The minimum absolute atomic E-state index is 0.297. The van der Waals surface area contributed by atoms with Gasteiger partial charge in [0.2, 0.25) is 0 Å². The van der Waals surface area contributed by atoms with Crippen LogP contribution in [0.15, 0.2) is 24.4 Å². The van der Waals surface area contributed by atoms with Crippen molar-refractivity contribution in [3.63, 3.8) is 0 Å². The van der Waals surface area contributed by atoms with Crippen molar-refractivity contribution in [1.82, 2.24) is 9.78 Å². The number of halogens is 3. The molecule has 0 aliphatic rings. The fraction of sp³-hybridized carbons (Fsp3) is 0.0909. The molecule has 1 amide bonds. The summed E-state index contributed by atoms with van der Waals surface area (Å²) in [5.41, 5.74) is 0.870. The van der Waals surface area contributed by atoms with E-state index in [1.54, 1.807) is 31.4 Å². The van der Waals surface area contributed by atoms with E-state index in [1.807, 2.05) is 22.6 Å². The molecular weight excluding hydrogens is 388 g/mol. The van der Waals surface area contributed by atoms with Crippen LogP contribution in [-0.4, -0.2) is 15.7 Å². The van der Waals surface area contributed by atoms with E-state index in [0.29, 0.717) is 21.4 Å². The molecule has 0 fully saturated rings. The Morgan fingerprint density at radius 2 is 2.00 bits per heavy atom. The fourth-order valence-corrected chi connectivity index (χ4v) is 2.67. The molecule has 1 heterocycles.